The lowest BCUT2D eigenvalue weighted by molar-refractivity contribution is -0.237. The maximum atomic E-state index is 12.4. The zero-order chi connectivity index (χ0) is 14.6. The number of carbonyl (C=O) groups excluding carboxylic acids is 1. The summed E-state index contributed by atoms with van der Waals surface area (Å²) in [4.78, 5) is 11.0. The van der Waals surface area contributed by atoms with Crippen molar-refractivity contribution in [2.45, 2.75) is 37.8 Å². The molecule has 0 spiro atoms. The fourth-order valence-corrected chi connectivity index (χ4v) is 1.35. The molecule has 0 saturated carbocycles. The molecule has 0 heterocycles. The van der Waals surface area contributed by atoms with E-state index in [1.807, 2.05) is 0 Å². The van der Waals surface area contributed by atoms with Gasteiger partial charge >= 0.3 is 17.5 Å². The number of alkyl halides is 5. The molecule has 0 aromatic carbocycles. The Morgan fingerprint density at radius 2 is 1.67 bits per heavy atom. The van der Waals surface area contributed by atoms with Crippen LogP contribution in [0.1, 0.15) is 20.8 Å². The predicted octanol–water partition coefficient (Wildman–Crippen LogP) is 3.40. The first-order chi connectivity index (χ1) is 7.85. The van der Waals surface area contributed by atoms with E-state index < -0.39 is 40.6 Å². The van der Waals surface area contributed by atoms with Crippen molar-refractivity contribution in [2.24, 2.45) is 0 Å². The molecule has 18 heavy (non-hydrogen) atoms. The lowest BCUT2D eigenvalue weighted by Gasteiger charge is -2.20. The summed E-state index contributed by atoms with van der Waals surface area (Å²) in [7, 11) is 0. The Bertz CT molecular complexity index is 288. The van der Waals surface area contributed by atoms with Gasteiger partial charge in [0.05, 0.1) is 0 Å². The second-order valence-electron chi connectivity index (χ2n) is 4.29. The van der Waals surface area contributed by atoms with Gasteiger partial charge < -0.3 is 10.1 Å². The standard InChI is InChI=1S/C9H14F5NO2S/c1-7(2,3)17-6(16)15-4-5-18-9(13,14)8(10,11)12/h4-5H2,1-3H3,(H,15,16). The van der Waals surface area contributed by atoms with Gasteiger partial charge in [0.1, 0.15) is 5.60 Å². The second-order valence-corrected chi connectivity index (χ2v) is 5.50. The van der Waals surface area contributed by atoms with E-state index in [-0.39, 0.29) is 6.54 Å². The monoisotopic (exact) mass is 295 g/mol. The van der Waals surface area contributed by atoms with E-state index in [4.69, 9.17) is 4.74 Å². The van der Waals surface area contributed by atoms with Gasteiger partial charge in [0.15, 0.2) is 0 Å². The zero-order valence-electron chi connectivity index (χ0n) is 10.0. The van der Waals surface area contributed by atoms with Crippen LogP contribution in [0.4, 0.5) is 26.7 Å². The van der Waals surface area contributed by atoms with Gasteiger partial charge in [0.25, 0.3) is 0 Å². The van der Waals surface area contributed by atoms with Gasteiger partial charge in [-0.3, -0.25) is 0 Å². The van der Waals surface area contributed by atoms with Gasteiger partial charge in [-0.25, -0.2) is 4.79 Å². The van der Waals surface area contributed by atoms with Crippen LogP contribution in [0.5, 0.6) is 0 Å². The minimum atomic E-state index is -5.59. The third-order valence-electron chi connectivity index (χ3n) is 1.38. The number of halogens is 5. The average molecular weight is 295 g/mol. The Morgan fingerprint density at radius 1 is 1.17 bits per heavy atom. The van der Waals surface area contributed by atoms with Crippen LogP contribution in [0.3, 0.4) is 0 Å². The van der Waals surface area contributed by atoms with E-state index >= 15 is 0 Å². The third kappa shape index (κ3) is 6.87. The molecule has 0 aliphatic rings. The van der Waals surface area contributed by atoms with Crippen molar-refractivity contribution >= 4 is 17.9 Å². The zero-order valence-corrected chi connectivity index (χ0v) is 10.8. The SMILES string of the molecule is CC(C)(C)OC(=O)NCCSC(F)(F)C(F)(F)F. The number of rotatable bonds is 4. The van der Waals surface area contributed by atoms with Gasteiger partial charge in [-0.1, -0.05) is 11.8 Å². The summed E-state index contributed by atoms with van der Waals surface area (Å²) >= 11 is -0.583. The Hall–Kier alpha value is -0.730. The fourth-order valence-electron chi connectivity index (χ4n) is 0.728. The maximum Gasteiger partial charge on any atom is 0.464 e. The normalized spacial score (nSPS) is 13.3. The molecule has 1 N–H and O–H groups in total. The van der Waals surface area contributed by atoms with Gasteiger partial charge in [-0.15, -0.1) is 0 Å². The van der Waals surface area contributed by atoms with Crippen molar-refractivity contribution in [1.29, 1.82) is 0 Å². The van der Waals surface area contributed by atoms with Gasteiger partial charge in [-0.2, -0.15) is 22.0 Å². The number of amides is 1. The second kappa shape index (κ2) is 5.94. The van der Waals surface area contributed by atoms with E-state index in [0.29, 0.717) is 0 Å². The first-order valence-corrected chi connectivity index (χ1v) is 5.89. The van der Waals surface area contributed by atoms with Crippen LogP contribution in [0.25, 0.3) is 0 Å². The lowest BCUT2D eigenvalue weighted by atomic mass is 10.2. The van der Waals surface area contributed by atoms with Crippen LogP contribution >= 0.6 is 11.8 Å². The van der Waals surface area contributed by atoms with Gasteiger partial charge in [0, 0.05) is 12.3 Å². The van der Waals surface area contributed by atoms with Gasteiger partial charge in [0.2, 0.25) is 0 Å². The minimum Gasteiger partial charge on any atom is -0.444 e. The Morgan fingerprint density at radius 3 is 2.06 bits per heavy atom. The highest BCUT2D eigenvalue weighted by molar-refractivity contribution is 8.00. The molecule has 0 saturated heterocycles. The summed E-state index contributed by atoms with van der Waals surface area (Å²) in [5.74, 6) is -0.578. The van der Waals surface area contributed by atoms with E-state index in [1.165, 1.54) is 0 Å². The molecule has 0 bridgehead atoms. The molecule has 3 nitrogen and oxygen atoms in total. The molecule has 0 aliphatic heterocycles. The maximum absolute atomic E-state index is 12.4. The predicted molar refractivity (Wildman–Crippen MR) is 57.7 cm³/mol. The lowest BCUT2D eigenvalue weighted by Crippen LogP contribution is -2.36. The smallest absolute Gasteiger partial charge is 0.444 e. The first-order valence-electron chi connectivity index (χ1n) is 4.90. The highest BCUT2D eigenvalue weighted by Gasteiger charge is 2.57. The Kier molecular flexibility index (Phi) is 5.70. The molecular formula is C9H14F5NO2S. The van der Waals surface area contributed by atoms with Crippen molar-refractivity contribution in [3.8, 4) is 0 Å². The van der Waals surface area contributed by atoms with Crippen molar-refractivity contribution in [3.05, 3.63) is 0 Å². The average Bonchev–Trinajstić information content (AvgIpc) is 2.07. The summed E-state index contributed by atoms with van der Waals surface area (Å²) < 4.78 is 64.9. The molecule has 0 aromatic rings. The quantitative estimate of drug-likeness (QED) is 0.638. The number of thioether (sulfide) groups is 1. The summed E-state index contributed by atoms with van der Waals surface area (Å²) in [6, 6.07) is 0. The van der Waals surface area contributed by atoms with Crippen molar-refractivity contribution in [1.82, 2.24) is 5.32 Å². The van der Waals surface area contributed by atoms with Crippen LogP contribution in [0.2, 0.25) is 0 Å². The van der Waals surface area contributed by atoms with Crippen molar-refractivity contribution in [2.75, 3.05) is 12.3 Å². The number of nitrogens with one attached hydrogen (secondary N) is 1. The minimum absolute atomic E-state index is 0.342. The van der Waals surface area contributed by atoms with Crippen molar-refractivity contribution in [3.63, 3.8) is 0 Å². The highest BCUT2D eigenvalue weighted by Crippen LogP contribution is 2.43. The van der Waals surface area contributed by atoms with E-state index in [1.54, 1.807) is 20.8 Å². The van der Waals surface area contributed by atoms with Crippen LogP contribution in [-0.4, -0.2) is 35.4 Å². The molecule has 9 heteroatoms. The molecule has 0 radical (unpaired) electrons. The first kappa shape index (κ1) is 17.3. The van der Waals surface area contributed by atoms with E-state index in [0.717, 1.165) is 0 Å². The van der Waals surface area contributed by atoms with Crippen LogP contribution in [0.15, 0.2) is 0 Å². The molecule has 0 atom stereocenters. The molecule has 0 aromatic heterocycles. The topological polar surface area (TPSA) is 38.3 Å². The summed E-state index contributed by atoms with van der Waals surface area (Å²) in [5.41, 5.74) is -0.757. The summed E-state index contributed by atoms with van der Waals surface area (Å²) in [6.07, 6.45) is -6.46. The fraction of sp³-hybridized carbons (Fsp3) is 0.889. The van der Waals surface area contributed by atoms with E-state index in [9.17, 15) is 26.7 Å². The van der Waals surface area contributed by atoms with Crippen LogP contribution < -0.4 is 5.32 Å². The molecule has 1 amide bonds. The summed E-state index contributed by atoms with van der Waals surface area (Å²) in [6.45, 7) is 4.45. The molecule has 0 aliphatic carbocycles. The highest BCUT2D eigenvalue weighted by atomic mass is 32.2. The molecule has 0 fully saturated rings. The van der Waals surface area contributed by atoms with E-state index in [2.05, 4.69) is 5.32 Å². The number of ether oxygens (including phenoxy) is 1. The Labute approximate surface area is 105 Å². The van der Waals surface area contributed by atoms with Crippen molar-refractivity contribution < 1.29 is 31.5 Å². The number of hydrogen-bond donors (Lipinski definition) is 1. The van der Waals surface area contributed by atoms with Crippen LogP contribution in [-0.2, 0) is 4.74 Å². The molecule has 0 unspecified atom stereocenters. The molecule has 108 valence electrons. The summed E-state index contributed by atoms with van der Waals surface area (Å²) in [5, 5.41) is -2.74. The largest absolute Gasteiger partial charge is 0.464 e. The molecule has 0 rings (SSSR count). The third-order valence-corrected chi connectivity index (χ3v) is 2.39. The number of alkyl carbamates (subject to hydrolysis) is 1. The Balaban J connectivity index is 3.92. The molecular weight excluding hydrogens is 281 g/mol. The van der Waals surface area contributed by atoms with Crippen LogP contribution in [0, 0.1) is 0 Å². The number of hydrogen-bond acceptors (Lipinski definition) is 3. The number of carbonyl (C=O) groups is 1. The van der Waals surface area contributed by atoms with Gasteiger partial charge in [-0.05, 0) is 20.8 Å².